The van der Waals surface area contributed by atoms with Crippen LogP contribution in [-0.2, 0) is 22.6 Å². The van der Waals surface area contributed by atoms with E-state index in [-0.39, 0.29) is 18.0 Å². The number of methoxy groups -OCH3 is 1. The number of furan rings is 1. The zero-order valence-corrected chi connectivity index (χ0v) is 19.4. The molecule has 4 aromatic rings. The minimum absolute atomic E-state index is 0.126. The standard InChI is InChI=1S/C26H20ClN3O5/c1-34-25(32)23-11-10-19(35-23)15-29-14-17(20-4-2-3-5-22(20)29)12-21-24(31)30(26(33)28-21)13-16-6-8-18(27)9-7-16/h2-12,14H,13,15H2,1H3,(H,28,33)/b21-12-. The van der Waals surface area contributed by atoms with E-state index < -0.39 is 17.9 Å². The van der Waals surface area contributed by atoms with Crippen LogP contribution in [0.2, 0.25) is 5.02 Å². The van der Waals surface area contributed by atoms with Gasteiger partial charge in [-0.3, -0.25) is 9.69 Å². The number of imide groups is 1. The van der Waals surface area contributed by atoms with Crippen molar-refractivity contribution in [3.63, 3.8) is 0 Å². The predicted molar refractivity (Wildman–Crippen MR) is 130 cm³/mol. The number of nitrogens with one attached hydrogen (secondary N) is 1. The van der Waals surface area contributed by atoms with Gasteiger partial charge >= 0.3 is 12.0 Å². The summed E-state index contributed by atoms with van der Waals surface area (Å²) in [5.41, 5.74) is 2.65. The van der Waals surface area contributed by atoms with Crippen molar-refractivity contribution >= 4 is 46.5 Å². The van der Waals surface area contributed by atoms with Crippen molar-refractivity contribution in [3.8, 4) is 0 Å². The highest BCUT2D eigenvalue weighted by Crippen LogP contribution is 2.26. The first-order chi connectivity index (χ1) is 16.9. The highest BCUT2D eigenvalue weighted by atomic mass is 35.5. The largest absolute Gasteiger partial charge is 0.463 e. The number of hydrogen-bond donors (Lipinski definition) is 1. The highest BCUT2D eigenvalue weighted by Gasteiger charge is 2.33. The number of urea groups is 1. The summed E-state index contributed by atoms with van der Waals surface area (Å²) in [6, 6.07) is 17.5. The van der Waals surface area contributed by atoms with Gasteiger partial charge in [-0.05, 0) is 42.0 Å². The summed E-state index contributed by atoms with van der Waals surface area (Å²) < 4.78 is 12.3. The summed E-state index contributed by atoms with van der Waals surface area (Å²) in [7, 11) is 1.30. The van der Waals surface area contributed by atoms with Gasteiger partial charge in [0.15, 0.2) is 0 Å². The van der Waals surface area contributed by atoms with Crippen LogP contribution < -0.4 is 5.32 Å². The van der Waals surface area contributed by atoms with Gasteiger partial charge < -0.3 is 19.0 Å². The van der Waals surface area contributed by atoms with E-state index >= 15 is 0 Å². The molecule has 1 aliphatic rings. The average Bonchev–Trinajstić information content (AvgIpc) is 3.54. The van der Waals surface area contributed by atoms with Crippen LogP contribution in [0.5, 0.6) is 0 Å². The van der Waals surface area contributed by atoms with Crippen LogP contribution in [0.3, 0.4) is 0 Å². The summed E-state index contributed by atoms with van der Waals surface area (Å²) in [5, 5.41) is 4.16. The summed E-state index contributed by atoms with van der Waals surface area (Å²) >= 11 is 5.92. The van der Waals surface area contributed by atoms with E-state index in [1.165, 1.54) is 7.11 Å². The lowest BCUT2D eigenvalue weighted by atomic mass is 10.1. The molecule has 176 valence electrons. The van der Waals surface area contributed by atoms with E-state index in [1.807, 2.05) is 35.0 Å². The smallest absolute Gasteiger partial charge is 0.373 e. The Morgan fingerprint density at radius 1 is 1.06 bits per heavy atom. The summed E-state index contributed by atoms with van der Waals surface area (Å²) in [6.45, 7) is 0.506. The van der Waals surface area contributed by atoms with Gasteiger partial charge in [0.1, 0.15) is 11.5 Å². The second-order valence-electron chi connectivity index (χ2n) is 7.99. The van der Waals surface area contributed by atoms with Crippen molar-refractivity contribution in [3.05, 3.63) is 100 Å². The lowest BCUT2D eigenvalue weighted by Crippen LogP contribution is -2.30. The first-order valence-corrected chi connectivity index (χ1v) is 11.1. The van der Waals surface area contributed by atoms with Crippen molar-refractivity contribution < 1.29 is 23.5 Å². The molecule has 2 aromatic carbocycles. The Balaban J connectivity index is 1.43. The van der Waals surface area contributed by atoms with Crippen LogP contribution in [0.25, 0.3) is 17.0 Å². The summed E-state index contributed by atoms with van der Waals surface area (Å²) in [4.78, 5) is 38.4. The van der Waals surface area contributed by atoms with Crippen LogP contribution in [0, 0.1) is 0 Å². The molecule has 3 amide bonds. The molecule has 2 aromatic heterocycles. The Morgan fingerprint density at radius 3 is 2.60 bits per heavy atom. The fraction of sp³-hybridized carbons (Fsp3) is 0.115. The minimum atomic E-state index is -0.544. The number of amides is 3. The van der Waals surface area contributed by atoms with Crippen molar-refractivity contribution in [2.45, 2.75) is 13.1 Å². The molecular weight excluding hydrogens is 470 g/mol. The maximum Gasteiger partial charge on any atom is 0.373 e. The van der Waals surface area contributed by atoms with Crippen molar-refractivity contribution in [2.75, 3.05) is 7.11 Å². The van der Waals surface area contributed by atoms with Gasteiger partial charge in [0.2, 0.25) is 5.76 Å². The molecule has 0 aliphatic carbocycles. The highest BCUT2D eigenvalue weighted by molar-refractivity contribution is 6.30. The van der Waals surface area contributed by atoms with Gasteiger partial charge in [0.05, 0.1) is 20.2 Å². The number of aromatic nitrogens is 1. The van der Waals surface area contributed by atoms with Crippen molar-refractivity contribution in [2.24, 2.45) is 0 Å². The van der Waals surface area contributed by atoms with Gasteiger partial charge in [-0.25, -0.2) is 9.59 Å². The fourth-order valence-electron chi connectivity index (χ4n) is 4.01. The maximum absolute atomic E-state index is 13.0. The van der Waals surface area contributed by atoms with E-state index in [0.29, 0.717) is 17.3 Å². The van der Waals surface area contributed by atoms with Crippen LogP contribution in [0.4, 0.5) is 4.79 Å². The van der Waals surface area contributed by atoms with Crippen LogP contribution >= 0.6 is 11.6 Å². The van der Waals surface area contributed by atoms with Crippen LogP contribution in [-0.4, -0.2) is 34.5 Å². The summed E-state index contributed by atoms with van der Waals surface area (Å²) in [5.74, 6) is -0.251. The molecule has 35 heavy (non-hydrogen) atoms. The number of hydrogen-bond acceptors (Lipinski definition) is 5. The van der Waals surface area contributed by atoms with Gasteiger partial charge in [-0.2, -0.15) is 0 Å². The number of para-hydroxylation sites is 1. The number of fused-ring (bicyclic) bond motifs is 1. The molecular formula is C26H20ClN3O5. The van der Waals surface area contributed by atoms with E-state index in [2.05, 4.69) is 5.32 Å². The second-order valence-corrected chi connectivity index (χ2v) is 8.43. The van der Waals surface area contributed by atoms with Gasteiger partial charge in [-0.1, -0.05) is 41.9 Å². The molecule has 0 unspecified atom stereocenters. The summed E-state index contributed by atoms with van der Waals surface area (Å²) in [6.07, 6.45) is 3.54. The normalized spacial score (nSPS) is 14.7. The molecule has 1 aliphatic heterocycles. The van der Waals surface area contributed by atoms with Gasteiger partial charge in [0, 0.05) is 27.7 Å². The number of ether oxygens (including phenoxy) is 1. The third-order valence-corrected chi connectivity index (χ3v) is 5.96. The SMILES string of the molecule is COC(=O)c1ccc(Cn2cc(/C=C3\NC(=O)N(Cc4ccc(Cl)cc4)C3=O)c3ccccc32)o1. The number of halogens is 1. The van der Waals surface area contributed by atoms with Crippen LogP contribution in [0.1, 0.15) is 27.4 Å². The number of carbonyl (C=O) groups excluding carboxylic acids is 3. The molecule has 3 heterocycles. The second kappa shape index (κ2) is 9.15. The number of nitrogens with zero attached hydrogens (tertiary/aromatic N) is 2. The van der Waals surface area contributed by atoms with Gasteiger partial charge in [0.25, 0.3) is 5.91 Å². The lowest BCUT2D eigenvalue weighted by Gasteiger charge is -2.11. The molecule has 1 fully saturated rings. The number of carbonyl (C=O) groups is 3. The van der Waals surface area contributed by atoms with E-state index in [4.69, 9.17) is 20.8 Å². The Hall–Kier alpha value is -4.30. The molecule has 5 rings (SSSR count). The van der Waals surface area contributed by atoms with Crippen molar-refractivity contribution in [1.29, 1.82) is 0 Å². The number of rotatable bonds is 6. The third kappa shape index (κ3) is 4.43. The first-order valence-electron chi connectivity index (χ1n) is 10.8. The Morgan fingerprint density at radius 2 is 1.83 bits per heavy atom. The van der Waals surface area contributed by atoms with Gasteiger partial charge in [-0.15, -0.1) is 0 Å². The Kier molecular flexibility index (Phi) is 5.88. The third-order valence-electron chi connectivity index (χ3n) is 5.71. The minimum Gasteiger partial charge on any atom is -0.463 e. The molecule has 0 radical (unpaired) electrons. The van der Waals surface area contributed by atoms with E-state index in [1.54, 1.807) is 42.5 Å². The molecule has 8 nitrogen and oxygen atoms in total. The number of benzene rings is 2. The molecule has 9 heteroatoms. The predicted octanol–water partition coefficient (Wildman–Crippen LogP) is 4.82. The maximum atomic E-state index is 13.0. The topological polar surface area (TPSA) is 93.8 Å². The van der Waals surface area contributed by atoms with Crippen molar-refractivity contribution in [1.82, 2.24) is 14.8 Å². The molecule has 1 N–H and O–H groups in total. The first kappa shape index (κ1) is 22.5. The monoisotopic (exact) mass is 489 g/mol. The van der Waals surface area contributed by atoms with E-state index in [9.17, 15) is 14.4 Å². The zero-order valence-electron chi connectivity index (χ0n) is 18.7. The quantitative estimate of drug-likeness (QED) is 0.238. The average molecular weight is 490 g/mol. The Bertz CT molecular complexity index is 1480. The number of esters is 1. The van der Waals surface area contributed by atoms with E-state index in [0.717, 1.165) is 26.9 Å². The molecule has 0 bridgehead atoms. The molecule has 0 saturated carbocycles. The molecule has 0 atom stereocenters. The molecule has 0 spiro atoms. The van der Waals surface area contributed by atoms with Crippen LogP contribution in [0.15, 0.2) is 77.0 Å². The Labute approximate surface area is 205 Å². The fourth-order valence-corrected chi connectivity index (χ4v) is 4.13. The lowest BCUT2D eigenvalue weighted by molar-refractivity contribution is -0.123. The molecule has 1 saturated heterocycles. The zero-order chi connectivity index (χ0) is 24.5.